The van der Waals surface area contributed by atoms with Crippen LogP contribution < -0.4 is 16.0 Å². The van der Waals surface area contributed by atoms with Crippen molar-refractivity contribution in [3.63, 3.8) is 0 Å². The molecule has 0 saturated carbocycles. The highest BCUT2D eigenvalue weighted by atomic mass is 32.2. The van der Waals surface area contributed by atoms with E-state index in [2.05, 4.69) is 37.4 Å². The number of guanidine groups is 1. The van der Waals surface area contributed by atoms with E-state index in [1.807, 2.05) is 44.1 Å². The van der Waals surface area contributed by atoms with Gasteiger partial charge in [0.15, 0.2) is 11.8 Å². The van der Waals surface area contributed by atoms with Gasteiger partial charge in [0.1, 0.15) is 12.4 Å². The Labute approximate surface area is 154 Å². The lowest BCUT2D eigenvalue weighted by molar-refractivity contribution is -0.128. The Balaban J connectivity index is 2.72. The number of carbonyl (C=O) groups excluding carboxylic acids is 1. The standard InChI is InChI=1S/C16H31N7OS/c1-12-21-22-13(23(12)5)10-19-15(18-8-7-9-25-6)20-11-16(2,3)14(24)17-4/h7-11H2,1-6H3,(H,17,24)(H2,18,19,20). The van der Waals surface area contributed by atoms with E-state index in [0.29, 0.717) is 19.0 Å². The van der Waals surface area contributed by atoms with Gasteiger partial charge < -0.3 is 20.5 Å². The highest BCUT2D eigenvalue weighted by molar-refractivity contribution is 7.98. The fourth-order valence-electron chi connectivity index (χ4n) is 2.06. The quantitative estimate of drug-likeness (QED) is 0.337. The van der Waals surface area contributed by atoms with Crippen LogP contribution in [0.25, 0.3) is 0 Å². The maximum atomic E-state index is 11.9. The number of nitrogens with zero attached hydrogens (tertiary/aromatic N) is 4. The smallest absolute Gasteiger partial charge is 0.227 e. The molecule has 1 rings (SSSR count). The summed E-state index contributed by atoms with van der Waals surface area (Å²) in [5.41, 5.74) is -0.530. The predicted octanol–water partition coefficient (Wildman–Crippen LogP) is 0.684. The van der Waals surface area contributed by atoms with Crippen LogP contribution >= 0.6 is 11.8 Å². The Kier molecular flexibility index (Phi) is 8.74. The summed E-state index contributed by atoms with van der Waals surface area (Å²) in [6, 6.07) is 0. The van der Waals surface area contributed by atoms with Gasteiger partial charge in [-0.25, -0.2) is 4.99 Å². The van der Waals surface area contributed by atoms with Crippen LogP contribution in [0.15, 0.2) is 4.99 Å². The molecule has 9 heteroatoms. The second-order valence-corrected chi connectivity index (χ2v) is 7.46. The first kappa shape index (κ1) is 21.3. The van der Waals surface area contributed by atoms with Crippen LogP contribution in [-0.4, -0.2) is 58.8 Å². The van der Waals surface area contributed by atoms with E-state index in [9.17, 15) is 4.79 Å². The van der Waals surface area contributed by atoms with Crippen LogP contribution in [0.4, 0.5) is 0 Å². The van der Waals surface area contributed by atoms with Gasteiger partial charge in [-0.05, 0) is 39.2 Å². The number of nitrogens with one attached hydrogen (secondary N) is 3. The summed E-state index contributed by atoms with van der Waals surface area (Å²) >= 11 is 1.82. The molecule has 25 heavy (non-hydrogen) atoms. The molecule has 3 N–H and O–H groups in total. The number of aliphatic imine (C=N–C) groups is 1. The van der Waals surface area contributed by atoms with Crippen molar-refractivity contribution in [1.29, 1.82) is 0 Å². The van der Waals surface area contributed by atoms with E-state index in [1.165, 1.54) is 0 Å². The first-order valence-corrected chi connectivity index (χ1v) is 9.79. The Morgan fingerprint density at radius 3 is 2.60 bits per heavy atom. The third-order valence-corrected chi connectivity index (χ3v) is 4.62. The topological polar surface area (TPSA) is 96.2 Å². The lowest BCUT2D eigenvalue weighted by Crippen LogP contribution is -2.47. The molecule has 8 nitrogen and oxygen atoms in total. The zero-order valence-corrected chi connectivity index (χ0v) is 17.0. The largest absolute Gasteiger partial charge is 0.359 e. The van der Waals surface area contributed by atoms with Crippen molar-refractivity contribution in [1.82, 2.24) is 30.7 Å². The van der Waals surface area contributed by atoms with Crippen molar-refractivity contribution in [2.24, 2.45) is 17.5 Å². The molecular formula is C16H31N7OS. The molecule has 0 radical (unpaired) electrons. The third-order valence-electron chi connectivity index (χ3n) is 3.92. The van der Waals surface area contributed by atoms with Crippen LogP contribution in [-0.2, 0) is 18.4 Å². The highest BCUT2D eigenvalue weighted by Crippen LogP contribution is 2.13. The zero-order valence-electron chi connectivity index (χ0n) is 16.1. The molecule has 1 heterocycles. The maximum Gasteiger partial charge on any atom is 0.227 e. The average molecular weight is 370 g/mol. The van der Waals surface area contributed by atoms with E-state index < -0.39 is 5.41 Å². The number of aromatic nitrogens is 3. The minimum Gasteiger partial charge on any atom is -0.359 e. The normalized spacial score (nSPS) is 12.2. The van der Waals surface area contributed by atoms with E-state index in [4.69, 9.17) is 0 Å². The minimum atomic E-state index is -0.530. The fraction of sp³-hybridized carbons (Fsp3) is 0.750. The molecule has 0 spiro atoms. The van der Waals surface area contributed by atoms with Gasteiger partial charge >= 0.3 is 0 Å². The predicted molar refractivity (Wildman–Crippen MR) is 104 cm³/mol. The molecule has 0 aliphatic heterocycles. The summed E-state index contributed by atoms with van der Waals surface area (Å²) in [5.74, 6) is 3.41. The van der Waals surface area contributed by atoms with Gasteiger partial charge in [0.2, 0.25) is 5.91 Å². The summed E-state index contributed by atoms with van der Waals surface area (Å²) in [6.07, 6.45) is 3.14. The van der Waals surface area contributed by atoms with Crippen molar-refractivity contribution in [3.8, 4) is 0 Å². The number of rotatable bonds is 9. The lowest BCUT2D eigenvalue weighted by atomic mass is 9.92. The number of thioether (sulfide) groups is 1. The molecule has 0 atom stereocenters. The number of aryl methyl sites for hydroxylation is 1. The monoisotopic (exact) mass is 369 g/mol. The van der Waals surface area contributed by atoms with Crippen LogP contribution in [0.3, 0.4) is 0 Å². The second kappa shape index (κ2) is 10.3. The molecule has 0 aliphatic carbocycles. The molecule has 0 fully saturated rings. The molecule has 142 valence electrons. The number of hydrogen-bond acceptors (Lipinski definition) is 5. The fourth-order valence-corrected chi connectivity index (χ4v) is 2.49. The summed E-state index contributed by atoms with van der Waals surface area (Å²) in [5, 5.41) is 17.5. The van der Waals surface area contributed by atoms with Gasteiger partial charge in [0, 0.05) is 27.2 Å². The summed E-state index contributed by atoms with van der Waals surface area (Å²) in [4.78, 5) is 16.5. The van der Waals surface area contributed by atoms with Gasteiger partial charge in [-0.3, -0.25) is 4.79 Å². The number of amides is 1. The van der Waals surface area contributed by atoms with Crippen molar-refractivity contribution >= 4 is 23.6 Å². The average Bonchev–Trinajstić information content (AvgIpc) is 2.91. The van der Waals surface area contributed by atoms with Gasteiger partial charge in [-0.2, -0.15) is 11.8 Å². The SMILES string of the molecule is CNC(=O)C(C)(C)CNC(=NCc1nnc(C)n1C)NCCCSC. The molecule has 1 aromatic heterocycles. The number of carbonyl (C=O) groups is 1. The molecule has 1 aromatic rings. The van der Waals surface area contributed by atoms with Crippen molar-refractivity contribution in [3.05, 3.63) is 11.6 Å². The molecule has 0 unspecified atom stereocenters. The lowest BCUT2D eigenvalue weighted by Gasteiger charge is -2.24. The van der Waals surface area contributed by atoms with Crippen molar-refractivity contribution in [2.75, 3.05) is 32.1 Å². The van der Waals surface area contributed by atoms with Crippen LogP contribution in [0.5, 0.6) is 0 Å². The Morgan fingerprint density at radius 1 is 1.32 bits per heavy atom. The minimum absolute atomic E-state index is 0.00865. The molecule has 0 aliphatic rings. The van der Waals surface area contributed by atoms with E-state index in [1.54, 1.807) is 7.05 Å². The van der Waals surface area contributed by atoms with E-state index in [0.717, 1.165) is 30.4 Å². The van der Waals surface area contributed by atoms with E-state index >= 15 is 0 Å². The molecule has 1 amide bonds. The summed E-state index contributed by atoms with van der Waals surface area (Å²) in [6.45, 7) is 7.44. The van der Waals surface area contributed by atoms with Crippen LogP contribution in [0, 0.1) is 12.3 Å². The zero-order chi connectivity index (χ0) is 18.9. The Morgan fingerprint density at radius 2 is 2.04 bits per heavy atom. The van der Waals surface area contributed by atoms with Crippen LogP contribution in [0.1, 0.15) is 31.9 Å². The van der Waals surface area contributed by atoms with Crippen molar-refractivity contribution < 1.29 is 4.79 Å². The summed E-state index contributed by atoms with van der Waals surface area (Å²) in [7, 11) is 3.57. The Hall–Kier alpha value is -1.77. The van der Waals surface area contributed by atoms with Gasteiger partial charge in [0.05, 0.1) is 5.41 Å². The third kappa shape index (κ3) is 6.93. The molecular weight excluding hydrogens is 338 g/mol. The second-order valence-electron chi connectivity index (χ2n) is 6.48. The van der Waals surface area contributed by atoms with Crippen molar-refractivity contribution in [2.45, 2.75) is 33.7 Å². The van der Waals surface area contributed by atoms with Crippen LogP contribution in [0.2, 0.25) is 0 Å². The highest BCUT2D eigenvalue weighted by Gasteiger charge is 2.26. The first-order chi connectivity index (χ1) is 11.8. The van der Waals surface area contributed by atoms with Gasteiger partial charge in [-0.15, -0.1) is 10.2 Å². The van der Waals surface area contributed by atoms with Gasteiger partial charge in [0.25, 0.3) is 0 Å². The maximum absolute atomic E-state index is 11.9. The molecule has 0 bridgehead atoms. The van der Waals surface area contributed by atoms with Gasteiger partial charge in [-0.1, -0.05) is 0 Å². The molecule has 0 aromatic carbocycles. The number of hydrogen-bond donors (Lipinski definition) is 3. The van der Waals surface area contributed by atoms with E-state index in [-0.39, 0.29) is 5.91 Å². The Bertz CT molecular complexity index is 583. The first-order valence-electron chi connectivity index (χ1n) is 8.40. The molecule has 0 saturated heterocycles. The summed E-state index contributed by atoms with van der Waals surface area (Å²) < 4.78 is 1.92.